The van der Waals surface area contributed by atoms with Gasteiger partial charge in [0.25, 0.3) is 5.56 Å². The van der Waals surface area contributed by atoms with Crippen molar-refractivity contribution in [3.8, 4) is 6.07 Å². The molecule has 0 aliphatic rings. The number of aromatic nitrogens is 2. The fourth-order valence-electron chi connectivity index (χ4n) is 3.80. The number of hydrogen-bond acceptors (Lipinski definition) is 5. The maximum Gasteiger partial charge on any atom is 0.274 e. The quantitative estimate of drug-likeness (QED) is 0.359. The van der Waals surface area contributed by atoms with Crippen LogP contribution in [0, 0.1) is 23.2 Å². The van der Waals surface area contributed by atoms with Gasteiger partial charge in [0.2, 0.25) is 11.7 Å². The maximum absolute atomic E-state index is 13.4. The molecule has 1 aromatic heterocycles. The van der Waals surface area contributed by atoms with Crippen molar-refractivity contribution in [1.29, 1.82) is 5.26 Å². The van der Waals surface area contributed by atoms with E-state index in [2.05, 4.69) is 10.4 Å². The van der Waals surface area contributed by atoms with Crippen molar-refractivity contribution in [1.82, 2.24) is 9.78 Å². The zero-order chi connectivity index (χ0) is 23.5. The van der Waals surface area contributed by atoms with Crippen molar-refractivity contribution in [2.75, 3.05) is 5.32 Å². The number of carbonyl (C=O) groups is 2. The fraction of sp³-hybridized carbons (Fsp3) is 0.192. The van der Waals surface area contributed by atoms with Gasteiger partial charge in [-0.05, 0) is 23.4 Å². The number of nitrogens with one attached hydrogen (secondary N) is 1. The zero-order valence-corrected chi connectivity index (χ0v) is 18.3. The second-order valence-electron chi connectivity index (χ2n) is 8.22. The molecule has 1 atom stereocenters. The number of anilines is 1. The zero-order valence-electron chi connectivity index (χ0n) is 18.3. The van der Waals surface area contributed by atoms with E-state index in [9.17, 15) is 19.6 Å². The van der Waals surface area contributed by atoms with E-state index in [-0.39, 0.29) is 17.2 Å². The molecule has 0 fully saturated rings. The molecule has 0 aliphatic carbocycles. The summed E-state index contributed by atoms with van der Waals surface area (Å²) < 4.78 is 1.23. The molecule has 0 aliphatic heterocycles. The molecule has 33 heavy (non-hydrogen) atoms. The Bertz CT molecular complexity index is 1480. The molecule has 7 heteroatoms. The molecule has 1 heterocycles. The second-order valence-corrected chi connectivity index (χ2v) is 8.22. The Morgan fingerprint density at radius 3 is 2.30 bits per heavy atom. The predicted octanol–water partition coefficient (Wildman–Crippen LogP) is 4.17. The smallest absolute Gasteiger partial charge is 0.274 e. The van der Waals surface area contributed by atoms with E-state index < -0.39 is 17.6 Å². The third-order valence-electron chi connectivity index (χ3n) is 5.34. The molecule has 3 aromatic carbocycles. The molecule has 4 aromatic rings. The van der Waals surface area contributed by atoms with E-state index in [4.69, 9.17) is 0 Å². The number of nitriles is 1. The first-order valence-corrected chi connectivity index (χ1v) is 10.6. The summed E-state index contributed by atoms with van der Waals surface area (Å²) in [5.74, 6) is -3.00. The summed E-state index contributed by atoms with van der Waals surface area (Å²) in [4.78, 5) is 39.2. The van der Waals surface area contributed by atoms with Crippen LogP contribution in [0.3, 0.4) is 0 Å². The van der Waals surface area contributed by atoms with Gasteiger partial charge >= 0.3 is 0 Å². The standard InChI is InChI=1S/C26H22N4O3/c1-16(2)15-30-26(33)20-12-6-5-11-19(20)23(29-30)24(31)21(14-27)25(32)28-22-13-7-9-17-8-3-4-10-18(17)22/h3-13,16,21H,15H2,1-2H3,(H,28,32). The Morgan fingerprint density at radius 1 is 0.970 bits per heavy atom. The lowest BCUT2D eigenvalue weighted by molar-refractivity contribution is -0.117. The van der Waals surface area contributed by atoms with Gasteiger partial charge in [-0.3, -0.25) is 14.4 Å². The number of hydrogen-bond donors (Lipinski definition) is 1. The summed E-state index contributed by atoms with van der Waals surface area (Å²) in [6.07, 6.45) is 0. The highest BCUT2D eigenvalue weighted by molar-refractivity contribution is 6.19. The van der Waals surface area contributed by atoms with Crippen molar-refractivity contribution < 1.29 is 9.59 Å². The molecule has 1 unspecified atom stereocenters. The number of amides is 1. The maximum atomic E-state index is 13.4. The molecule has 4 rings (SSSR count). The van der Waals surface area contributed by atoms with Crippen LogP contribution in [0.2, 0.25) is 0 Å². The molecule has 164 valence electrons. The van der Waals surface area contributed by atoms with Crippen LogP contribution >= 0.6 is 0 Å². The van der Waals surface area contributed by atoms with E-state index in [0.717, 1.165) is 10.8 Å². The van der Waals surface area contributed by atoms with Crippen LogP contribution in [0.15, 0.2) is 71.5 Å². The van der Waals surface area contributed by atoms with Gasteiger partial charge in [-0.2, -0.15) is 10.4 Å². The van der Waals surface area contributed by atoms with Crippen LogP contribution in [-0.2, 0) is 11.3 Å². The van der Waals surface area contributed by atoms with Crippen LogP contribution in [0.4, 0.5) is 5.69 Å². The molecule has 1 amide bonds. The van der Waals surface area contributed by atoms with Crippen molar-refractivity contribution >= 4 is 38.9 Å². The molecular formula is C26H22N4O3. The van der Waals surface area contributed by atoms with E-state index in [1.807, 2.05) is 50.2 Å². The third-order valence-corrected chi connectivity index (χ3v) is 5.34. The number of ketones is 1. The Kier molecular flexibility index (Phi) is 6.01. The van der Waals surface area contributed by atoms with Crippen LogP contribution in [0.1, 0.15) is 24.3 Å². The van der Waals surface area contributed by atoms with Gasteiger partial charge < -0.3 is 5.32 Å². The normalized spacial score (nSPS) is 11.9. The van der Waals surface area contributed by atoms with Crippen LogP contribution < -0.4 is 10.9 Å². The number of fused-ring (bicyclic) bond motifs is 2. The first-order valence-electron chi connectivity index (χ1n) is 10.6. The van der Waals surface area contributed by atoms with Crippen molar-refractivity contribution in [3.05, 3.63) is 82.8 Å². The first-order chi connectivity index (χ1) is 15.9. The van der Waals surface area contributed by atoms with Crippen molar-refractivity contribution in [3.63, 3.8) is 0 Å². The Hall–Kier alpha value is -4.31. The molecular weight excluding hydrogens is 416 g/mol. The van der Waals surface area contributed by atoms with Crippen molar-refractivity contribution in [2.45, 2.75) is 20.4 Å². The SMILES string of the molecule is CC(C)Cn1nc(C(=O)C(C#N)C(=O)Nc2cccc3ccccc23)c2ccccc2c1=O. The van der Waals surface area contributed by atoms with Crippen molar-refractivity contribution in [2.24, 2.45) is 11.8 Å². The lowest BCUT2D eigenvalue weighted by Gasteiger charge is -2.14. The minimum atomic E-state index is -1.62. The molecule has 0 bridgehead atoms. The number of Topliss-reactive ketones (excluding diaryl/α,β-unsaturated/α-hetero) is 1. The third kappa shape index (κ3) is 4.23. The first kappa shape index (κ1) is 21.9. The van der Waals surface area contributed by atoms with Gasteiger partial charge in [0.05, 0.1) is 11.5 Å². The molecule has 0 saturated carbocycles. The Balaban J connectivity index is 1.74. The summed E-state index contributed by atoms with van der Waals surface area (Å²) >= 11 is 0. The number of benzene rings is 3. The summed E-state index contributed by atoms with van der Waals surface area (Å²) in [7, 11) is 0. The van der Waals surface area contributed by atoms with Gasteiger partial charge in [0, 0.05) is 23.0 Å². The largest absolute Gasteiger partial charge is 0.324 e. The highest BCUT2D eigenvalue weighted by atomic mass is 16.2. The Labute approximate surface area is 190 Å². The number of rotatable bonds is 6. The lowest BCUT2D eigenvalue weighted by Crippen LogP contribution is -2.33. The van der Waals surface area contributed by atoms with Gasteiger partial charge in [0.15, 0.2) is 5.92 Å². The van der Waals surface area contributed by atoms with E-state index in [1.165, 1.54) is 4.68 Å². The summed E-state index contributed by atoms with van der Waals surface area (Å²) in [5, 5.41) is 19.1. The van der Waals surface area contributed by atoms with Crippen LogP contribution in [-0.4, -0.2) is 21.5 Å². The minimum Gasteiger partial charge on any atom is -0.324 e. The summed E-state index contributed by atoms with van der Waals surface area (Å²) in [6, 6.07) is 21.3. The van der Waals surface area contributed by atoms with Gasteiger partial charge in [0.1, 0.15) is 5.69 Å². The summed E-state index contributed by atoms with van der Waals surface area (Å²) in [5.41, 5.74) is 0.128. The highest BCUT2D eigenvalue weighted by Crippen LogP contribution is 2.24. The minimum absolute atomic E-state index is 0.0644. The fourth-order valence-corrected chi connectivity index (χ4v) is 3.80. The average Bonchev–Trinajstić information content (AvgIpc) is 2.81. The van der Waals surface area contributed by atoms with E-state index >= 15 is 0 Å². The monoisotopic (exact) mass is 438 g/mol. The molecule has 0 spiro atoms. The van der Waals surface area contributed by atoms with Crippen LogP contribution in [0.25, 0.3) is 21.5 Å². The van der Waals surface area contributed by atoms with Crippen LogP contribution in [0.5, 0.6) is 0 Å². The summed E-state index contributed by atoms with van der Waals surface area (Å²) in [6.45, 7) is 4.17. The van der Waals surface area contributed by atoms with Gasteiger partial charge in [-0.25, -0.2) is 4.68 Å². The lowest BCUT2D eigenvalue weighted by atomic mass is 9.98. The highest BCUT2D eigenvalue weighted by Gasteiger charge is 2.31. The molecule has 0 radical (unpaired) electrons. The number of nitrogens with zero attached hydrogens (tertiary/aromatic N) is 3. The molecule has 0 saturated heterocycles. The van der Waals surface area contributed by atoms with E-state index in [1.54, 1.807) is 36.4 Å². The second kappa shape index (κ2) is 9.05. The van der Waals surface area contributed by atoms with Gasteiger partial charge in [-0.1, -0.05) is 68.4 Å². The van der Waals surface area contributed by atoms with E-state index in [0.29, 0.717) is 23.0 Å². The topological polar surface area (TPSA) is 105 Å². The Morgan fingerprint density at radius 2 is 1.61 bits per heavy atom. The van der Waals surface area contributed by atoms with Gasteiger partial charge in [-0.15, -0.1) is 0 Å². The number of carbonyl (C=O) groups excluding carboxylic acids is 2. The molecule has 7 nitrogen and oxygen atoms in total. The molecule has 1 N–H and O–H groups in total. The predicted molar refractivity (Wildman–Crippen MR) is 127 cm³/mol. The average molecular weight is 438 g/mol.